The summed E-state index contributed by atoms with van der Waals surface area (Å²) in [4.78, 5) is 19.7. The Morgan fingerprint density at radius 2 is 1.56 bits per heavy atom. The Labute approximate surface area is 150 Å². The molecule has 4 aliphatic rings. The van der Waals surface area contributed by atoms with Gasteiger partial charge in [-0.2, -0.15) is 0 Å². The van der Waals surface area contributed by atoms with E-state index in [1.165, 1.54) is 38.0 Å². The molecule has 4 heteroatoms. The van der Waals surface area contributed by atoms with Gasteiger partial charge in [-0.15, -0.1) is 0 Å². The van der Waals surface area contributed by atoms with Crippen LogP contribution in [0.15, 0.2) is 30.3 Å². The Kier molecular flexibility index (Phi) is 3.96. The van der Waals surface area contributed by atoms with E-state index in [-0.39, 0.29) is 0 Å². The molecule has 4 fully saturated rings. The summed E-state index contributed by atoms with van der Waals surface area (Å²) in [7, 11) is 0. The van der Waals surface area contributed by atoms with Gasteiger partial charge in [0, 0.05) is 56.9 Å². The van der Waals surface area contributed by atoms with E-state index in [0.717, 1.165) is 50.4 Å². The van der Waals surface area contributed by atoms with E-state index in [2.05, 4.69) is 45.0 Å². The number of nitrogens with zero attached hydrogens (tertiary/aromatic N) is 3. The molecule has 3 aliphatic heterocycles. The number of rotatable bonds is 2. The third kappa shape index (κ3) is 2.75. The monoisotopic (exact) mass is 339 g/mol. The SMILES string of the molecule is O=C1CC[C@@H]2CC(N3CCN(c4ccccc4)CC3)C[C@@H]3CCN1[C@H]23. The zero-order valence-corrected chi connectivity index (χ0v) is 15.0. The van der Waals surface area contributed by atoms with Gasteiger partial charge in [-0.3, -0.25) is 9.69 Å². The number of benzene rings is 1. The van der Waals surface area contributed by atoms with Crippen LogP contribution in [0.5, 0.6) is 0 Å². The molecule has 25 heavy (non-hydrogen) atoms. The summed E-state index contributed by atoms with van der Waals surface area (Å²) in [6, 6.07) is 12.2. The minimum Gasteiger partial charge on any atom is -0.369 e. The van der Waals surface area contributed by atoms with Crippen LogP contribution >= 0.6 is 0 Å². The molecule has 1 saturated carbocycles. The number of piperidine rings is 1. The highest BCUT2D eigenvalue weighted by Gasteiger charge is 2.49. The summed E-state index contributed by atoms with van der Waals surface area (Å²) < 4.78 is 0. The van der Waals surface area contributed by atoms with Gasteiger partial charge in [0.15, 0.2) is 0 Å². The van der Waals surface area contributed by atoms with Crippen molar-refractivity contribution in [2.45, 2.75) is 44.2 Å². The molecule has 4 atom stereocenters. The number of anilines is 1. The van der Waals surface area contributed by atoms with Crippen molar-refractivity contribution in [3.63, 3.8) is 0 Å². The third-order valence-electron chi connectivity index (χ3n) is 7.22. The second-order valence-corrected chi connectivity index (χ2v) is 8.41. The standard InChI is InChI=1S/C21H29N3O/c25-20-7-6-16-14-19(15-17-8-9-24(20)21(16)17)23-12-10-22(11-13-23)18-4-2-1-3-5-18/h1-5,16-17,19,21H,6-15H2/t16-,17+,19?,21-/m1/s1. The number of hydrogen-bond acceptors (Lipinski definition) is 3. The fraction of sp³-hybridized carbons (Fsp3) is 0.667. The van der Waals surface area contributed by atoms with E-state index in [1.54, 1.807) is 0 Å². The zero-order valence-electron chi connectivity index (χ0n) is 15.0. The van der Waals surface area contributed by atoms with Gasteiger partial charge in [-0.1, -0.05) is 18.2 Å². The first-order chi connectivity index (χ1) is 12.3. The molecule has 0 aromatic heterocycles. The predicted octanol–water partition coefficient (Wildman–Crippen LogP) is 2.60. The first-order valence-corrected chi connectivity index (χ1v) is 10.1. The maximum absolute atomic E-state index is 12.2. The molecule has 1 amide bonds. The summed E-state index contributed by atoms with van der Waals surface area (Å²) in [5.41, 5.74) is 1.36. The first kappa shape index (κ1) is 15.7. The molecule has 0 spiro atoms. The van der Waals surface area contributed by atoms with Crippen LogP contribution in [0.2, 0.25) is 0 Å². The lowest BCUT2D eigenvalue weighted by atomic mass is 9.71. The number of carbonyl (C=O) groups is 1. The largest absolute Gasteiger partial charge is 0.369 e. The molecule has 5 rings (SSSR count). The molecule has 4 nitrogen and oxygen atoms in total. The Morgan fingerprint density at radius 1 is 0.840 bits per heavy atom. The summed E-state index contributed by atoms with van der Waals surface area (Å²) in [5, 5.41) is 0. The van der Waals surface area contributed by atoms with Crippen LogP contribution < -0.4 is 4.90 Å². The molecular formula is C21H29N3O. The summed E-state index contributed by atoms with van der Waals surface area (Å²) in [5.74, 6) is 1.95. The fourth-order valence-electron chi connectivity index (χ4n) is 6.02. The highest BCUT2D eigenvalue weighted by Crippen LogP contribution is 2.45. The van der Waals surface area contributed by atoms with Crippen molar-refractivity contribution in [3.05, 3.63) is 30.3 Å². The molecule has 0 N–H and O–H groups in total. The zero-order chi connectivity index (χ0) is 16.8. The van der Waals surface area contributed by atoms with E-state index in [4.69, 9.17) is 0 Å². The second-order valence-electron chi connectivity index (χ2n) is 8.41. The minimum atomic E-state index is 0.429. The Balaban J connectivity index is 1.23. The van der Waals surface area contributed by atoms with E-state index >= 15 is 0 Å². The van der Waals surface area contributed by atoms with Gasteiger partial charge in [0.2, 0.25) is 5.91 Å². The smallest absolute Gasteiger partial charge is 0.222 e. The maximum atomic E-state index is 12.2. The van der Waals surface area contributed by atoms with Crippen LogP contribution in [-0.2, 0) is 4.79 Å². The molecular weight excluding hydrogens is 310 g/mol. The Bertz CT molecular complexity index is 625. The molecule has 3 heterocycles. The molecule has 1 unspecified atom stereocenters. The van der Waals surface area contributed by atoms with E-state index in [0.29, 0.717) is 11.9 Å². The summed E-state index contributed by atoms with van der Waals surface area (Å²) in [6.07, 6.45) is 5.80. The van der Waals surface area contributed by atoms with Gasteiger partial charge in [-0.05, 0) is 49.7 Å². The number of piperazine rings is 1. The van der Waals surface area contributed by atoms with Crippen LogP contribution in [0.1, 0.15) is 32.1 Å². The maximum Gasteiger partial charge on any atom is 0.222 e. The average Bonchev–Trinajstić information content (AvgIpc) is 3.11. The Morgan fingerprint density at radius 3 is 2.32 bits per heavy atom. The van der Waals surface area contributed by atoms with Crippen molar-refractivity contribution in [2.24, 2.45) is 11.8 Å². The first-order valence-electron chi connectivity index (χ1n) is 10.1. The average molecular weight is 339 g/mol. The minimum absolute atomic E-state index is 0.429. The number of amides is 1. The lowest BCUT2D eigenvalue weighted by molar-refractivity contribution is -0.139. The molecule has 0 bridgehead atoms. The number of carbonyl (C=O) groups excluding carboxylic acids is 1. The second kappa shape index (κ2) is 6.31. The van der Waals surface area contributed by atoms with Gasteiger partial charge >= 0.3 is 0 Å². The Hall–Kier alpha value is -1.55. The van der Waals surface area contributed by atoms with Gasteiger partial charge in [-0.25, -0.2) is 0 Å². The van der Waals surface area contributed by atoms with Crippen LogP contribution in [0.3, 0.4) is 0 Å². The van der Waals surface area contributed by atoms with Crippen molar-refractivity contribution >= 4 is 11.6 Å². The third-order valence-corrected chi connectivity index (χ3v) is 7.22. The molecule has 1 aliphatic carbocycles. The fourth-order valence-corrected chi connectivity index (χ4v) is 6.02. The van der Waals surface area contributed by atoms with Gasteiger partial charge in [0.05, 0.1) is 0 Å². The van der Waals surface area contributed by atoms with Crippen molar-refractivity contribution in [1.29, 1.82) is 0 Å². The molecule has 0 radical (unpaired) electrons. The van der Waals surface area contributed by atoms with Crippen LogP contribution in [0.4, 0.5) is 5.69 Å². The van der Waals surface area contributed by atoms with Gasteiger partial charge < -0.3 is 9.80 Å². The lowest BCUT2D eigenvalue weighted by Gasteiger charge is -2.49. The van der Waals surface area contributed by atoms with E-state index < -0.39 is 0 Å². The molecule has 134 valence electrons. The number of hydrogen-bond donors (Lipinski definition) is 0. The predicted molar refractivity (Wildman–Crippen MR) is 99.6 cm³/mol. The van der Waals surface area contributed by atoms with Crippen LogP contribution in [0, 0.1) is 11.8 Å². The van der Waals surface area contributed by atoms with E-state index in [1.807, 2.05) is 0 Å². The number of para-hydroxylation sites is 1. The summed E-state index contributed by atoms with van der Waals surface area (Å²) in [6.45, 7) is 5.69. The molecule has 1 aromatic carbocycles. The van der Waals surface area contributed by atoms with Crippen molar-refractivity contribution in [3.8, 4) is 0 Å². The van der Waals surface area contributed by atoms with Crippen LogP contribution in [0.25, 0.3) is 0 Å². The lowest BCUT2D eigenvalue weighted by Crippen LogP contribution is -2.56. The molecule has 1 aromatic rings. The topological polar surface area (TPSA) is 26.8 Å². The molecule has 3 saturated heterocycles. The van der Waals surface area contributed by atoms with Gasteiger partial charge in [0.1, 0.15) is 0 Å². The quantitative estimate of drug-likeness (QED) is 0.829. The highest BCUT2D eigenvalue weighted by atomic mass is 16.2. The summed E-state index contributed by atoms with van der Waals surface area (Å²) >= 11 is 0. The normalized spacial score (nSPS) is 35.8. The van der Waals surface area contributed by atoms with Gasteiger partial charge in [0.25, 0.3) is 0 Å². The van der Waals surface area contributed by atoms with Crippen LogP contribution in [-0.4, -0.2) is 60.5 Å². The van der Waals surface area contributed by atoms with Crippen molar-refractivity contribution in [2.75, 3.05) is 37.6 Å². The van der Waals surface area contributed by atoms with Crippen molar-refractivity contribution in [1.82, 2.24) is 9.80 Å². The van der Waals surface area contributed by atoms with Crippen molar-refractivity contribution < 1.29 is 4.79 Å². The van der Waals surface area contributed by atoms with E-state index in [9.17, 15) is 4.79 Å². The highest BCUT2D eigenvalue weighted by molar-refractivity contribution is 5.78.